The second-order valence-electron chi connectivity index (χ2n) is 6.68. The van der Waals surface area contributed by atoms with E-state index in [1.807, 2.05) is 0 Å². The van der Waals surface area contributed by atoms with Crippen LogP contribution in [-0.4, -0.2) is 38.5 Å². The van der Waals surface area contributed by atoms with Crippen LogP contribution in [0.3, 0.4) is 0 Å². The summed E-state index contributed by atoms with van der Waals surface area (Å²) in [6.45, 7) is 1.83. The van der Waals surface area contributed by atoms with E-state index in [1.54, 1.807) is 43.2 Å². The minimum Gasteiger partial charge on any atom is -0.497 e. The van der Waals surface area contributed by atoms with Crippen LogP contribution in [0, 0.1) is 11.6 Å². The van der Waals surface area contributed by atoms with Gasteiger partial charge in [0, 0.05) is 18.5 Å². The van der Waals surface area contributed by atoms with Crippen LogP contribution in [0.1, 0.15) is 18.5 Å². The Bertz CT molecular complexity index is 991. The molecule has 1 unspecified atom stereocenters. The number of hydrogen-bond acceptors (Lipinski definition) is 5. The van der Waals surface area contributed by atoms with Gasteiger partial charge < -0.3 is 19.5 Å². The Balaban J connectivity index is 2.11. The largest absolute Gasteiger partial charge is 0.497 e. The maximum Gasteiger partial charge on any atom is 0.338 e. The maximum atomic E-state index is 14.6. The van der Waals surface area contributed by atoms with Crippen LogP contribution < -0.4 is 15.0 Å². The van der Waals surface area contributed by atoms with Crippen LogP contribution in [0.2, 0.25) is 0 Å². The summed E-state index contributed by atoms with van der Waals surface area (Å²) in [6, 6.07) is 9.35. The Hall–Kier alpha value is -3.04. The summed E-state index contributed by atoms with van der Waals surface area (Å²) in [5.41, 5.74) is 0.774. The Morgan fingerprint density at radius 3 is 2.32 bits per heavy atom. The van der Waals surface area contributed by atoms with Gasteiger partial charge in [0.05, 0.1) is 30.9 Å². The molecule has 0 saturated carbocycles. The van der Waals surface area contributed by atoms with Crippen molar-refractivity contribution in [3.63, 3.8) is 0 Å². The van der Waals surface area contributed by atoms with E-state index in [4.69, 9.17) is 26.4 Å². The summed E-state index contributed by atoms with van der Waals surface area (Å²) in [5, 5.41) is 3.08. The smallest absolute Gasteiger partial charge is 0.338 e. The second kappa shape index (κ2) is 9.84. The molecule has 31 heavy (non-hydrogen) atoms. The van der Waals surface area contributed by atoms with Gasteiger partial charge in [-0.3, -0.25) is 4.90 Å². The van der Waals surface area contributed by atoms with Crippen LogP contribution >= 0.6 is 12.2 Å². The minimum atomic E-state index is -1.15. The van der Waals surface area contributed by atoms with Gasteiger partial charge in [0.25, 0.3) is 0 Å². The molecule has 6 nitrogen and oxygen atoms in total. The van der Waals surface area contributed by atoms with Crippen LogP contribution in [0.4, 0.5) is 14.5 Å². The summed E-state index contributed by atoms with van der Waals surface area (Å²) in [6.07, 6.45) is 0. The molecule has 0 saturated heterocycles. The fourth-order valence-corrected chi connectivity index (χ4v) is 3.71. The number of carbonyl (C=O) groups excluding carboxylic acids is 1. The molecule has 1 aliphatic rings. The number of esters is 1. The van der Waals surface area contributed by atoms with Crippen LogP contribution in [0.5, 0.6) is 5.75 Å². The highest BCUT2D eigenvalue weighted by Gasteiger charge is 2.38. The summed E-state index contributed by atoms with van der Waals surface area (Å²) in [7, 11) is 3.02. The molecule has 3 rings (SSSR count). The lowest BCUT2D eigenvalue weighted by atomic mass is 9.94. The number of hydrogen-bond donors (Lipinski definition) is 1. The van der Waals surface area contributed by atoms with Crippen molar-refractivity contribution < 1.29 is 27.8 Å². The molecule has 0 fully saturated rings. The third kappa shape index (κ3) is 4.67. The van der Waals surface area contributed by atoms with E-state index in [1.165, 1.54) is 13.2 Å². The SMILES string of the molecule is COCCOC(=O)C1=C(C)N(c2ccc(OC)cc2)C(=S)NC1c1c(F)cccc1F. The van der Waals surface area contributed by atoms with Gasteiger partial charge in [0.1, 0.15) is 24.0 Å². The van der Waals surface area contributed by atoms with E-state index in [0.29, 0.717) is 17.1 Å². The Labute approximate surface area is 184 Å². The monoisotopic (exact) mass is 448 g/mol. The molecule has 1 heterocycles. The zero-order valence-electron chi connectivity index (χ0n) is 17.3. The molecule has 0 aliphatic carbocycles. The molecule has 1 N–H and O–H groups in total. The van der Waals surface area contributed by atoms with Gasteiger partial charge in [-0.1, -0.05) is 6.07 Å². The van der Waals surface area contributed by atoms with E-state index in [-0.39, 0.29) is 29.5 Å². The van der Waals surface area contributed by atoms with E-state index < -0.39 is 23.6 Å². The van der Waals surface area contributed by atoms with Gasteiger partial charge in [0.15, 0.2) is 5.11 Å². The lowest BCUT2D eigenvalue weighted by Gasteiger charge is -2.37. The molecule has 0 aromatic heterocycles. The van der Waals surface area contributed by atoms with Gasteiger partial charge in [-0.2, -0.15) is 0 Å². The molecular weight excluding hydrogens is 426 g/mol. The first-order valence-electron chi connectivity index (χ1n) is 9.44. The molecule has 1 atom stereocenters. The number of carbonyl (C=O) groups is 1. The van der Waals surface area contributed by atoms with Crippen molar-refractivity contribution in [1.29, 1.82) is 0 Å². The summed E-state index contributed by atoms with van der Waals surface area (Å²) < 4.78 is 44.6. The van der Waals surface area contributed by atoms with E-state index >= 15 is 0 Å². The minimum absolute atomic E-state index is 0.00836. The van der Waals surface area contributed by atoms with Crippen molar-refractivity contribution in [1.82, 2.24) is 5.32 Å². The Kier molecular flexibility index (Phi) is 7.19. The molecule has 164 valence electrons. The quantitative estimate of drug-likeness (QED) is 0.392. The number of benzene rings is 2. The average Bonchev–Trinajstić information content (AvgIpc) is 2.74. The van der Waals surface area contributed by atoms with E-state index in [9.17, 15) is 13.6 Å². The number of nitrogens with zero attached hydrogens (tertiary/aromatic N) is 1. The molecule has 0 spiro atoms. The van der Waals surface area contributed by atoms with Crippen molar-refractivity contribution in [2.75, 3.05) is 32.3 Å². The third-order valence-electron chi connectivity index (χ3n) is 4.84. The first-order valence-corrected chi connectivity index (χ1v) is 9.85. The fourth-order valence-electron chi connectivity index (χ4n) is 3.35. The van der Waals surface area contributed by atoms with Crippen LogP contribution in [0.15, 0.2) is 53.7 Å². The predicted octanol–water partition coefficient (Wildman–Crippen LogP) is 3.87. The van der Waals surface area contributed by atoms with Gasteiger partial charge in [-0.25, -0.2) is 13.6 Å². The standard InChI is InChI=1S/C22H22F2N2O4S/c1-13-18(21(27)30-12-11-28-2)20(19-16(23)5-4-6-17(19)24)25-22(31)26(13)14-7-9-15(29-3)10-8-14/h4-10,20H,11-12H2,1-3H3,(H,25,31). The maximum absolute atomic E-state index is 14.6. The highest BCUT2D eigenvalue weighted by atomic mass is 32.1. The molecule has 0 bridgehead atoms. The number of allylic oxidation sites excluding steroid dienone is 1. The zero-order valence-corrected chi connectivity index (χ0v) is 18.1. The highest BCUT2D eigenvalue weighted by Crippen LogP contribution is 2.36. The Morgan fingerprint density at radius 1 is 1.10 bits per heavy atom. The fraction of sp³-hybridized carbons (Fsp3) is 0.273. The van der Waals surface area contributed by atoms with Gasteiger partial charge in [0.2, 0.25) is 0 Å². The highest BCUT2D eigenvalue weighted by molar-refractivity contribution is 7.80. The summed E-state index contributed by atoms with van der Waals surface area (Å²) in [4.78, 5) is 14.6. The third-order valence-corrected chi connectivity index (χ3v) is 5.14. The van der Waals surface area contributed by atoms with Crippen LogP contribution in [0.25, 0.3) is 0 Å². The zero-order chi connectivity index (χ0) is 22.5. The molecule has 0 amide bonds. The summed E-state index contributed by atoms with van der Waals surface area (Å²) >= 11 is 5.49. The number of nitrogens with one attached hydrogen (secondary N) is 1. The topological polar surface area (TPSA) is 60.0 Å². The predicted molar refractivity (Wildman–Crippen MR) is 116 cm³/mol. The number of methoxy groups -OCH3 is 2. The number of thiocarbonyl (C=S) groups is 1. The molecular formula is C22H22F2N2O4S. The van der Waals surface area contributed by atoms with Crippen molar-refractivity contribution in [2.24, 2.45) is 0 Å². The van der Waals surface area contributed by atoms with Crippen molar-refractivity contribution in [2.45, 2.75) is 13.0 Å². The van der Waals surface area contributed by atoms with E-state index in [0.717, 1.165) is 12.1 Å². The second-order valence-corrected chi connectivity index (χ2v) is 7.07. The number of rotatable bonds is 7. The number of halogens is 2. The molecule has 2 aromatic carbocycles. The first kappa shape index (κ1) is 22.6. The lowest BCUT2D eigenvalue weighted by Crippen LogP contribution is -2.48. The van der Waals surface area contributed by atoms with Gasteiger partial charge >= 0.3 is 5.97 Å². The Morgan fingerprint density at radius 2 is 1.74 bits per heavy atom. The molecule has 9 heteroatoms. The normalized spacial score (nSPS) is 16.2. The van der Waals surface area contributed by atoms with Gasteiger partial charge in [-0.15, -0.1) is 0 Å². The lowest BCUT2D eigenvalue weighted by molar-refractivity contribution is -0.140. The van der Waals surface area contributed by atoms with Gasteiger partial charge in [-0.05, 0) is 55.5 Å². The van der Waals surface area contributed by atoms with Crippen molar-refractivity contribution in [3.05, 3.63) is 70.9 Å². The number of ether oxygens (including phenoxy) is 3. The van der Waals surface area contributed by atoms with Crippen molar-refractivity contribution in [3.8, 4) is 5.75 Å². The molecule has 1 aliphatic heterocycles. The van der Waals surface area contributed by atoms with Crippen molar-refractivity contribution >= 4 is 29.0 Å². The first-order chi connectivity index (χ1) is 14.9. The van der Waals surface area contributed by atoms with Crippen LogP contribution in [-0.2, 0) is 14.3 Å². The van der Waals surface area contributed by atoms with E-state index in [2.05, 4.69) is 5.32 Å². The average molecular weight is 448 g/mol. The summed E-state index contributed by atoms with van der Waals surface area (Å²) in [5.74, 6) is -1.68. The molecule has 0 radical (unpaired) electrons. The number of anilines is 1. The molecule has 2 aromatic rings.